The van der Waals surface area contributed by atoms with Crippen LogP contribution in [0.3, 0.4) is 0 Å². The SMILES string of the molecule is C=CCCCC(O)c1cnn(C)c1C. The van der Waals surface area contributed by atoms with Crippen LogP contribution in [0.5, 0.6) is 0 Å². The number of rotatable bonds is 5. The highest BCUT2D eigenvalue weighted by atomic mass is 16.3. The molecule has 0 aromatic carbocycles. The zero-order chi connectivity index (χ0) is 10.6. The molecule has 1 aromatic heterocycles. The lowest BCUT2D eigenvalue weighted by molar-refractivity contribution is 0.164. The summed E-state index contributed by atoms with van der Waals surface area (Å²) in [6, 6.07) is 0. The Morgan fingerprint density at radius 1 is 1.71 bits per heavy atom. The van der Waals surface area contributed by atoms with Gasteiger partial charge in [0.2, 0.25) is 0 Å². The molecule has 0 aliphatic rings. The van der Waals surface area contributed by atoms with E-state index in [9.17, 15) is 5.11 Å². The minimum Gasteiger partial charge on any atom is -0.388 e. The predicted octanol–water partition coefficient (Wildman–Crippen LogP) is 2.12. The van der Waals surface area contributed by atoms with Crippen molar-refractivity contribution in [3.8, 4) is 0 Å². The van der Waals surface area contributed by atoms with Crippen molar-refractivity contribution in [2.24, 2.45) is 7.05 Å². The Bertz CT molecular complexity index is 304. The van der Waals surface area contributed by atoms with Crippen molar-refractivity contribution in [1.29, 1.82) is 0 Å². The predicted molar refractivity (Wildman–Crippen MR) is 57.0 cm³/mol. The third-order valence-corrected chi connectivity index (χ3v) is 2.52. The molecule has 0 spiro atoms. The fourth-order valence-electron chi connectivity index (χ4n) is 1.45. The lowest BCUT2D eigenvalue weighted by Crippen LogP contribution is -2.00. The monoisotopic (exact) mass is 194 g/mol. The van der Waals surface area contributed by atoms with E-state index in [1.807, 2.05) is 20.0 Å². The molecule has 0 aliphatic carbocycles. The van der Waals surface area contributed by atoms with Crippen molar-refractivity contribution in [3.63, 3.8) is 0 Å². The summed E-state index contributed by atoms with van der Waals surface area (Å²) < 4.78 is 1.78. The van der Waals surface area contributed by atoms with Crippen molar-refractivity contribution in [1.82, 2.24) is 9.78 Å². The third-order valence-electron chi connectivity index (χ3n) is 2.52. The van der Waals surface area contributed by atoms with E-state index in [1.54, 1.807) is 10.9 Å². The largest absolute Gasteiger partial charge is 0.388 e. The fourth-order valence-corrected chi connectivity index (χ4v) is 1.45. The van der Waals surface area contributed by atoms with E-state index in [2.05, 4.69) is 11.7 Å². The van der Waals surface area contributed by atoms with Gasteiger partial charge in [-0.15, -0.1) is 6.58 Å². The second-order valence-electron chi connectivity index (χ2n) is 3.54. The number of allylic oxidation sites excluding steroid dienone is 1. The number of nitrogens with zero attached hydrogens (tertiary/aromatic N) is 2. The summed E-state index contributed by atoms with van der Waals surface area (Å²) in [5.41, 5.74) is 1.98. The Hall–Kier alpha value is -1.09. The van der Waals surface area contributed by atoms with Crippen LogP contribution in [0.4, 0.5) is 0 Å². The van der Waals surface area contributed by atoms with Gasteiger partial charge in [0.1, 0.15) is 0 Å². The Morgan fingerprint density at radius 3 is 2.93 bits per heavy atom. The number of aromatic nitrogens is 2. The van der Waals surface area contributed by atoms with E-state index in [-0.39, 0.29) is 6.10 Å². The van der Waals surface area contributed by atoms with Crippen LogP contribution in [-0.4, -0.2) is 14.9 Å². The number of hydrogen-bond acceptors (Lipinski definition) is 2. The normalized spacial score (nSPS) is 12.8. The highest BCUT2D eigenvalue weighted by Gasteiger charge is 2.12. The van der Waals surface area contributed by atoms with Gasteiger partial charge in [0.05, 0.1) is 12.3 Å². The van der Waals surface area contributed by atoms with Gasteiger partial charge in [0, 0.05) is 18.3 Å². The smallest absolute Gasteiger partial charge is 0.0823 e. The molecule has 78 valence electrons. The van der Waals surface area contributed by atoms with Gasteiger partial charge < -0.3 is 5.11 Å². The quantitative estimate of drug-likeness (QED) is 0.576. The van der Waals surface area contributed by atoms with Crippen LogP contribution in [-0.2, 0) is 7.05 Å². The van der Waals surface area contributed by atoms with Crippen molar-refractivity contribution in [2.75, 3.05) is 0 Å². The van der Waals surface area contributed by atoms with E-state index in [4.69, 9.17) is 0 Å². The lowest BCUT2D eigenvalue weighted by atomic mass is 10.1. The second-order valence-corrected chi connectivity index (χ2v) is 3.54. The van der Waals surface area contributed by atoms with E-state index in [0.717, 1.165) is 30.5 Å². The minimum absolute atomic E-state index is 0.386. The first-order chi connectivity index (χ1) is 6.66. The van der Waals surface area contributed by atoms with Crippen molar-refractivity contribution < 1.29 is 5.11 Å². The molecule has 1 rings (SSSR count). The van der Waals surface area contributed by atoms with E-state index < -0.39 is 0 Å². The van der Waals surface area contributed by atoms with Gasteiger partial charge in [0.25, 0.3) is 0 Å². The topological polar surface area (TPSA) is 38.1 Å². The molecule has 0 saturated carbocycles. The van der Waals surface area contributed by atoms with Crippen LogP contribution in [0.2, 0.25) is 0 Å². The molecule has 3 nitrogen and oxygen atoms in total. The number of hydrogen-bond donors (Lipinski definition) is 1. The molecule has 0 bridgehead atoms. The van der Waals surface area contributed by atoms with Crippen LogP contribution in [0, 0.1) is 6.92 Å². The molecule has 14 heavy (non-hydrogen) atoms. The molecule has 0 fully saturated rings. The fraction of sp³-hybridized carbons (Fsp3) is 0.545. The Labute approximate surface area is 85.1 Å². The van der Waals surface area contributed by atoms with E-state index >= 15 is 0 Å². The minimum atomic E-state index is -0.386. The van der Waals surface area contributed by atoms with E-state index in [0.29, 0.717) is 0 Å². The summed E-state index contributed by atoms with van der Waals surface area (Å²) in [5.74, 6) is 0. The molecule has 1 aromatic rings. The molecule has 3 heteroatoms. The number of unbranched alkanes of at least 4 members (excludes halogenated alkanes) is 1. The van der Waals surface area contributed by atoms with Gasteiger partial charge >= 0.3 is 0 Å². The van der Waals surface area contributed by atoms with Crippen molar-refractivity contribution >= 4 is 0 Å². The number of aliphatic hydroxyl groups excluding tert-OH is 1. The molecule has 0 aliphatic heterocycles. The average Bonchev–Trinajstić information content (AvgIpc) is 2.48. The Morgan fingerprint density at radius 2 is 2.43 bits per heavy atom. The standard InChI is InChI=1S/C11H18N2O/c1-4-5-6-7-11(14)10-8-12-13(3)9(10)2/h4,8,11,14H,1,5-7H2,2-3H3. The molecule has 0 radical (unpaired) electrons. The molecule has 1 N–H and O–H groups in total. The second kappa shape index (κ2) is 4.96. The molecular weight excluding hydrogens is 176 g/mol. The maximum atomic E-state index is 9.85. The van der Waals surface area contributed by atoms with Gasteiger partial charge in [-0.2, -0.15) is 5.10 Å². The molecule has 1 unspecified atom stereocenters. The van der Waals surface area contributed by atoms with E-state index in [1.165, 1.54) is 0 Å². The summed E-state index contributed by atoms with van der Waals surface area (Å²) in [5, 5.41) is 14.0. The van der Waals surface area contributed by atoms with Crippen molar-refractivity contribution in [2.45, 2.75) is 32.3 Å². The zero-order valence-electron chi connectivity index (χ0n) is 8.90. The Kier molecular flexibility index (Phi) is 3.89. The molecule has 0 saturated heterocycles. The summed E-state index contributed by atoms with van der Waals surface area (Å²) in [6.45, 7) is 5.63. The first-order valence-electron chi connectivity index (χ1n) is 4.94. The van der Waals surface area contributed by atoms with Gasteiger partial charge in [-0.3, -0.25) is 4.68 Å². The van der Waals surface area contributed by atoms with Crippen molar-refractivity contribution in [3.05, 3.63) is 30.1 Å². The third kappa shape index (κ3) is 2.45. The van der Waals surface area contributed by atoms with Gasteiger partial charge in [0.15, 0.2) is 0 Å². The zero-order valence-corrected chi connectivity index (χ0v) is 8.90. The average molecular weight is 194 g/mol. The number of aryl methyl sites for hydroxylation is 1. The van der Waals surface area contributed by atoms with Crippen LogP contribution in [0.25, 0.3) is 0 Å². The highest BCUT2D eigenvalue weighted by Crippen LogP contribution is 2.21. The first-order valence-corrected chi connectivity index (χ1v) is 4.94. The number of aliphatic hydroxyl groups is 1. The first kappa shape index (κ1) is 11.0. The van der Waals surface area contributed by atoms with Crippen LogP contribution < -0.4 is 0 Å². The molecule has 0 amide bonds. The van der Waals surface area contributed by atoms with Gasteiger partial charge in [-0.25, -0.2) is 0 Å². The Balaban J connectivity index is 2.55. The van der Waals surface area contributed by atoms with Crippen LogP contribution in [0.15, 0.2) is 18.9 Å². The molecular formula is C11H18N2O. The maximum absolute atomic E-state index is 9.85. The van der Waals surface area contributed by atoms with Gasteiger partial charge in [-0.05, 0) is 26.2 Å². The van der Waals surface area contributed by atoms with Gasteiger partial charge in [-0.1, -0.05) is 6.08 Å². The highest BCUT2D eigenvalue weighted by molar-refractivity contribution is 5.18. The molecule has 1 heterocycles. The lowest BCUT2D eigenvalue weighted by Gasteiger charge is -2.08. The summed E-state index contributed by atoms with van der Waals surface area (Å²) in [4.78, 5) is 0. The molecule has 1 atom stereocenters. The summed E-state index contributed by atoms with van der Waals surface area (Å²) in [7, 11) is 1.88. The summed E-state index contributed by atoms with van der Waals surface area (Å²) >= 11 is 0. The summed E-state index contributed by atoms with van der Waals surface area (Å²) in [6.07, 6.45) is 5.94. The van der Waals surface area contributed by atoms with Crippen LogP contribution >= 0.6 is 0 Å². The maximum Gasteiger partial charge on any atom is 0.0823 e. The van der Waals surface area contributed by atoms with Crippen LogP contribution in [0.1, 0.15) is 36.6 Å².